The van der Waals surface area contributed by atoms with Crippen molar-refractivity contribution in [2.75, 3.05) is 6.61 Å². The van der Waals surface area contributed by atoms with Gasteiger partial charge in [-0.3, -0.25) is 14.3 Å². The molecule has 10 nitrogen and oxygen atoms in total. The summed E-state index contributed by atoms with van der Waals surface area (Å²) in [6, 6.07) is 10.7. The Bertz CT molecular complexity index is 946. The summed E-state index contributed by atoms with van der Waals surface area (Å²) in [6.07, 6.45) is -1.62. The number of aromatic nitrogens is 1. The minimum absolute atomic E-state index is 0.249. The van der Waals surface area contributed by atoms with Crippen LogP contribution in [0.25, 0.3) is 0 Å². The lowest BCUT2D eigenvalue weighted by Crippen LogP contribution is -2.38. The maximum Gasteiger partial charge on any atom is 0.459 e. The lowest BCUT2D eigenvalue weighted by Gasteiger charge is -2.25. The number of hydrogen-bond donors (Lipinski definition) is 3. The summed E-state index contributed by atoms with van der Waals surface area (Å²) in [5.74, 6) is -0.381. The number of aliphatic hydroxyl groups is 2. The van der Waals surface area contributed by atoms with Crippen molar-refractivity contribution in [1.82, 2.24) is 10.1 Å². The van der Waals surface area contributed by atoms with Gasteiger partial charge in [0.25, 0.3) is 0 Å². The number of carbonyl (C=O) groups is 1. The molecule has 1 fully saturated rings. The van der Waals surface area contributed by atoms with Crippen LogP contribution in [0.15, 0.2) is 54.9 Å². The summed E-state index contributed by atoms with van der Waals surface area (Å²) >= 11 is 0. The third-order valence-electron chi connectivity index (χ3n) is 4.81. The van der Waals surface area contributed by atoms with Crippen LogP contribution in [0.3, 0.4) is 0 Å². The highest BCUT2D eigenvalue weighted by Crippen LogP contribution is 2.46. The summed E-state index contributed by atoms with van der Waals surface area (Å²) in [5.41, 5.74) is 0.582. The molecule has 0 aliphatic carbocycles. The van der Waals surface area contributed by atoms with Gasteiger partial charge in [-0.2, -0.15) is 5.09 Å². The van der Waals surface area contributed by atoms with E-state index in [2.05, 4.69) is 10.1 Å². The average Bonchev–Trinajstić information content (AvgIpc) is 3.07. The largest absolute Gasteiger partial charge is 0.462 e. The zero-order chi connectivity index (χ0) is 24.0. The zero-order valence-corrected chi connectivity index (χ0v) is 19.5. The number of esters is 1. The van der Waals surface area contributed by atoms with Crippen LogP contribution < -0.4 is 9.61 Å². The van der Waals surface area contributed by atoms with Gasteiger partial charge in [0.05, 0.1) is 12.7 Å². The Morgan fingerprint density at radius 2 is 1.88 bits per heavy atom. The molecule has 3 rings (SSSR count). The van der Waals surface area contributed by atoms with Gasteiger partial charge in [0, 0.05) is 18.0 Å². The zero-order valence-electron chi connectivity index (χ0n) is 18.6. The molecule has 2 aromatic rings. The van der Waals surface area contributed by atoms with Crippen molar-refractivity contribution in [3.63, 3.8) is 0 Å². The molecule has 11 heteroatoms. The number of aliphatic hydroxyl groups excluding tert-OH is 2. The van der Waals surface area contributed by atoms with Crippen molar-refractivity contribution in [1.29, 1.82) is 0 Å². The van der Waals surface area contributed by atoms with Crippen molar-refractivity contribution in [2.45, 2.75) is 57.3 Å². The lowest BCUT2D eigenvalue weighted by molar-refractivity contribution is -0.149. The third-order valence-corrected chi connectivity index (χ3v) is 6.45. The number of nitrogens with one attached hydrogen (secondary N) is 1. The van der Waals surface area contributed by atoms with E-state index in [1.807, 2.05) is 0 Å². The monoisotopic (exact) mass is 480 g/mol. The molecule has 0 unspecified atom stereocenters. The molecular formula is C22H29N2O8P. The van der Waals surface area contributed by atoms with E-state index < -0.39 is 44.2 Å². The highest BCUT2D eigenvalue weighted by atomic mass is 31.2. The van der Waals surface area contributed by atoms with Crippen LogP contribution in [0.2, 0.25) is 0 Å². The van der Waals surface area contributed by atoms with Gasteiger partial charge in [-0.05, 0) is 39.0 Å². The molecule has 1 saturated heterocycles. The van der Waals surface area contributed by atoms with Gasteiger partial charge < -0.3 is 24.2 Å². The van der Waals surface area contributed by atoms with Gasteiger partial charge in [-0.25, -0.2) is 4.57 Å². The molecule has 6 atom stereocenters. The van der Waals surface area contributed by atoms with Crippen LogP contribution in [0.1, 0.15) is 32.4 Å². The first kappa shape index (κ1) is 25.3. The van der Waals surface area contributed by atoms with Gasteiger partial charge in [0.15, 0.2) is 0 Å². The van der Waals surface area contributed by atoms with Crippen LogP contribution in [-0.4, -0.2) is 58.2 Å². The predicted molar refractivity (Wildman–Crippen MR) is 118 cm³/mol. The number of hydrogen-bond acceptors (Lipinski definition) is 9. The molecule has 0 amide bonds. The molecule has 2 heterocycles. The van der Waals surface area contributed by atoms with Crippen LogP contribution in [-0.2, 0) is 23.4 Å². The lowest BCUT2D eigenvalue weighted by atomic mass is 10.0. The maximum atomic E-state index is 13.5. The van der Waals surface area contributed by atoms with E-state index in [0.717, 1.165) is 0 Å². The molecule has 0 saturated carbocycles. The Balaban J connectivity index is 1.71. The Labute approximate surface area is 192 Å². The first-order valence-corrected chi connectivity index (χ1v) is 12.1. The average molecular weight is 480 g/mol. The number of benzene rings is 1. The minimum atomic E-state index is -4.12. The molecule has 1 aromatic heterocycles. The summed E-state index contributed by atoms with van der Waals surface area (Å²) in [7, 11) is -4.12. The first-order chi connectivity index (χ1) is 15.7. The standard InChI is InChI=1S/C22H29N2O8P/c1-14(2)30-22(27)15(3)24-33(28,32-17-9-5-4-6-10-17)29-13-18-19(25)20(26)21(31-18)16-8-7-11-23-12-16/h4-12,14-15,18-21,25-26H,13H2,1-3H3,(H,24,28)/t15-,18-,19-,20-,21+,33-/m1/s1. The van der Waals surface area contributed by atoms with E-state index in [1.165, 1.54) is 13.1 Å². The number of carbonyl (C=O) groups excluding carboxylic acids is 1. The van der Waals surface area contributed by atoms with Gasteiger partial charge in [-0.1, -0.05) is 24.3 Å². The molecule has 1 aromatic carbocycles. The van der Waals surface area contributed by atoms with Crippen LogP contribution in [0.5, 0.6) is 5.75 Å². The maximum absolute atomic E-state index is 13.5. The second-order valence-corrected chi connectivity index (χ2v) is 9.59. The molecule has 0 radical (unpaired) electrons. The highest BCUT2D eigenvalue weighted by molar-refractivity contribution is 7.52. The van der Waals surface area contributed by atoms with Gasteiger partial charge in [-0.15, -0.1) is 0 Å². The van der Waals surface area contributed by atoms with Gasteiger partial charge in [0.2, 0.25) is 0 Å². The van der Waals surface area contributed by atoms with E-state index in [4.69, 9.17) is 18.5 Å². The smallest absolute Gasteiger partial charge is 0.459 e. The van der Waals surface area contributed by atoms with Gasteiger partial charge >= 0.3 is 13.7 Å². The highest BCUT2D eigenvalue weighted by Gasteiger charge is 2.45. The molecule has 180 valence electrons. The van der Waals surface area contributed by atoms with E-state index >= 15 is 0 Å². The molecule has 1 aliphatic rings. The van der Waals surface area contributed by atoms with Crippen molar-refractivity contribution in [3.8, 4) is 5.75 Å². The molecule has 1 aliphatic heterocycles. The van der Waals surface area contributed by atoms with Gasteiger partial charge in [0.1, 0.15) is 36.2 Å². The van der Waals surface area contributed by atoms with E-state index in [1.54, 1.807) is 62.5 Å². The van der Waals surface area contributed by atoms with E-state index in [9.17, 15) is 19.6 Å². The number of para-hydroxylation sites is 1. The van der Waals surface area contributed by atoms with E-state index in [-0.39, 0.29) is 18.5 Å². The molecule has 0 spiro atoms. The van der Waals surface area contributed by atoms with Crippen LogP contribution in [0.4, 0.5) is 0 Å². The number of nitrogens with zero attached hydrogens (tertiary/aromatic N) is 1. The fraction of sp³-hybridized carbons (Fsp3) is 0.455. The minimum Gasteiger partial charge on any atom is -0.462 e. The summed E-state index contributed by atoms with van der Waals surface area (Å²) in [5, 5.41) is 23.4. The topological polar surface area (TPSA) is 136 Å². The molecular weight excluding hydrogens is 451 g/mol. The molecule has 3 N–H and O–H groups in total. The summed E-state index contributed by atoms with van der Waals surface area (Å²) < 4.78 is 35.5. The number of rotatable bonds is 10. The Kier molecular flexibility index (Phi) is 8.58. The molecule has 0 bridgehead atoms. The Morgan fingerprint density at radius 3 is 2.52 bits per heavy atom. The second kappa shape index (κ2) is 11.2. The summed E-state index contributed by atoms with van der Waals surface area (Å²) in [6.45, 7) is 4.49. The van der Waals surface area contributed by atoms with Crippen LogP contribution in [0, 0.1) is 0 Å². The Morgan fingerprint density at radius 1 is 1.15 bits per heavy atom. The normalized spacial score (nSPS) is 25.4. The molecule has 33 heavy (non-hydrogen) atoms. The van der Waals surface area contributed by atoms with Crippen molar-refractivity contribution in [2.24, 2.45) is 0 Å². The fourth-order valence-electron chi connectivity index (χ4n) is 3.21. The predicted octanol–water partition coefficient (Wildman–Crippen LogP) is 2.38. The quantitative estimate of drug-likeness (QED) is 0.343. The Hall–Kier alpha value is -2.33. The third kappa shape index (κ3) is 6.83. The van der Waals surface area contributed by atoms with Crippen molar-refractivity contribution < 1.29 is 38.1 Å². The first-order valence-electron chi connectivity index (χ1n) is 10.6. The van der Waals surface area contributed by atoms with Crippen molar-refractivity contribution >= 4 is 13.7 Å². The number of ether oxygens (including phenoxy) is 2. The second-order valence-electron chi connectivity index (χ2n) is 7.90. The number of pyridine rings is 1. The summed E-state index contributed by atoms with van der Waals surface area (Å²) in [4.78, 5) is 16.2. The fourth-order valence-corrected chi connectivity index (χ4v) is 4.71. The SMILES string of the molecule is CC(C)OC(=O)[C@@H](C)N[P@@](=O)(OC[C@H]1O[C@@H](c2cccnc2)[C@H](O)[C@@H]1O)Oc1ccccc1. The van der Waals surface area contributed by atoms with E-state index in [0.29, 0.717) is 5.56 Å². The van der Waals surface area contributed by atoms with Crippen LogP contribution >= 0.6 is 7.75 Å². The van der Waals surface area contributed by atoms with Crippen molar-refractivity contribution in [3.05, 3.63) is 60.4 Å².